The second-order valence-electron chi connectivity index (χ2n) is 3.31. The average molecular weight is 186 g/mol. The van der Waals surface area contributed by atoms with E-state index in [1.165, 1.54) is 6.92 Å². The Kier molecular flexibility index (Phi) is 3.11. The Balaban J connectivity index is 2.24. The number of carboxylic acid groups (broad SMARTS) is 1. The van der Waals surface area contributed by atoms with Crippen LogP contribution in [0.4, 0.5) is 4.79 Å². The number of carbonyl (C=O) groups is 2. The molecule has 0 spiro atoms. The SMILES string of the molecule is CC(NC(=O)O)C(=O)NC1CCC1. The third kappa shape index (κ3) is 2.93. The third-order valence-electron chi connectivity index (χ3n) is 2.18. The van der Waals surface area contributed by atoms with Gasteiger partial charge >= 0.3 is 6.09 Å². The molecule has 0 aliphatic heterocycles. The first-order valence-corrected chi connectivity index (χ1v) is 4.39. The van der Waals surface area contributed by atoms with E-state index in [4.69, 9.17) is 5.11 Å². The van der Waals surface area contributed by atoms with Gasteiger partial charge in [0.05, 0.1) is 0 Å². The van der Waals surface area contributed by atoms with Crippen LogP contribution < -0.4 is 10.6 Å². The summed E-state index contributed by atoms with van der Waals surface area (Å²) >= 11 is 0. The highest BCUT2D eigenvalue weighted by Gasteiger charge is 2.22. The molecule has 1 unspecified atom stereocenters. The second kappa shape index (κ2) is 4.11. The van der Waals surface area contributed by atoms with Crippen molar-refractivity contribution in [3.8, 4) is 0 Å². The molecule has 0 aromatic rings. The standard InChI is InChI=1S/C8H14N2O3/c1-5(9-8(12)13)7(11)10-6-3-2-4-6/h5-6,9H,2-4H2,1H3,(H,10,11)(H,12,13). The number of amides is 2. The lowest BCUT2D eigenvalue weighted by molar-refractivity contribution is -0.123. The van der Waals surface area contributed by atoms with Crippen molar-refractivity contribution in [2.45, 2.75) is 38.3 Å². The first kappa shape index (κ1) is 9.83. The number of hydrogen-bond donors (Lipinski definition) is 3. The molecule has 2 amide bonds. The molecule has 13 heavy (non-hydrogen) atoms. The van der Waals surface area contributed by atoms with E-state index >= 15 is 0 Å². The van der Waals surface area contributed by atoms with E-state index in [1.807, 2.05) is 0 Å². The van der Waals surface area contributed by atoms with E-state index in [0.717, 1.165) is 19.3 Å². The van der Waals surface area contributed by atoms with Gasteiger partial charge in [-0.2, -0.15) is 0 Å². The maximum absolute atomic E-state index is 11.2. The van der Waals surface area contributed by atoms with Gasteiger partial charge in [0.2, 0.25) is 5.91 Å². The van der Waals surface area contributed by atoms with Crippen LogP contribution in [0.15, 0.2) is 0 Å². The molecule has 5 heteroatoms. The maximum Gasteiger partial charge on any atom is 0.405 e. The zero-order valence-corrected chi connectivity index (χ0v) is 7.54. The number of nitrogens with one attached hydrogen (secondary N) is 2. The minimum atomic E-state index is -1.17. The number of hydrogen-bond acceptors (Lipinski definition) is 2. The summed E-state index contributed by atoms with van der Waals surface area (Å²) in [6.45, 7) is 1.53. The van der Waals surface area contributed by atoms with Crippen molar-refractivity contribution in [1.29, 1.82) is 0 Å². The molecule has 0 aromatic heterocycles. The molecule has 74 valence electrons. The van der Waals surface area contributed by atoms with Crippen molar-refractivity contribution >= 4 is 12.0 Å². The fraction of sp³-hybridized carbons (Fsp3) is 0.750. The van der Waals surface area contributed by atoms with E-state index in [1.54, 1.807) is 0 Å². The van der Waals surface area contributed by atoms with Gasteiger partial charge in [-0.1, -0.05) is 0 Å². The van der Waals surface area contributed by atoms with Crippen LogP contribution in [0.5, 0.6) is 0 Å². The van der Waals surface area contributed by atoms with Gasteiger partial charge in [-0.25, -0.2) is 4.79 Å². The van der Waals surface area contributed by atoms with E-state index in [0.29, 0.717) is 0 Å². The van der Waals surface area contributed by atoms with Crippen LogP contribution in [0.25, 0.3) is 0 Å². The highest BCUT2D eigenvalue weighted by Crippen LogP contribution is 2.17. The lowest BCUT2D eigenvalue weighted by Crippen LogP contribution is -2.49. The number of carbonyl (C=O) groups excluding carboxylic acids is 1. The summed E-state index contributed by atoms with van der Waals surface area (Å²) < 4.78 is 0. The summed E-state index contributed by atoms with van der Waals surface area (Å²) in [7, 11) is 0. The minimum Gasteiger partial charge on any atom is -0.465 e. The zero-order chi connectivity index (χ0) is 9.84. The molecule has 1 aliphatic carbocycles. The first-order chi connectivity index (χ1) is 6.09. The highest BCUT2D eigenvalue weighted by atomic mass is 16.4. The van der Waals surface area contributed by atoms with Crippen LogP contribution in [0.2, 0.25) is 0 Å². The van der Waals surface area contributed by atoms with Gasteiger partial charge in [0, 0.05) is 6.04 Å². The predicted octanol–water partition coefficient (Wildman–Crippen LogP) is 0.311. The summed E-state index contributed by atoms with van der Waals surface area (Å²) in [6.07, 6.45) is 1.99. The lowest BCUT2D eigenvalue weighted by atomic mass is 9.93. The van der Waals surface area contributed by atoms with Gasteiger partial charge < -0.3 is 15.7 Å². The Bertz CT molecular complexity index is 213. The lowest BCUT2D eigenvalue weighted by Gasteiger charge is -2.27. The zero-order valence-electron chi connectivity index (χ0n) is 7.54. The van der Waals surface area contributed by atoms with E-state index < -0.39 is 12.1 Å². The summed E-state index contributed by atoms with van der Waals surface area (Å²) in [5, 5.41) is 13.2. The van der Waals surface area contributed by atoms with E-state index in [2.05, 4.69) is 10.6 Å². The topological polar surface area (TPSA) is 78.4 Å². The fourth-order valence-corrected chi connectivity index (χ4v) is 1.13. The Labute approximate surface area is 76.5 Å². The molecule has 5 nitrogen and oxygen atoms in total. The van der Waals surface area contributed by atoms with Gasteiger partial charge in [0.1, 0.15) is 6.04 Å². The molecule has 0 aromatic carbocycles. The molecule has 3 N–H and O–H groups in total. The van der Waals surface area contributed by atoms with E-state index in [-0.39, 0.29) is 11.9 Å². The predicted molar refractivity (Wildman–Crippen MR) is 46.4 cm³/mol. The molecular formula is C8H14N2O3. The molecule has 1 atom stereocenters. The van der Waals surface area contributed by atoms with Crippen LogP contribution in [-0.4, -0.2) is 29.2 Å². The second-order valence-corrected chi connectivity index (χ2v) is 3.31. The van der Waals surface area contributed by atoms with Crippen LogP contribution in [-0.2, 0) is 4.79 Å². The average Bonchev–Trinajstić information content (AvgIpc) is 1.94. The van der Waals surface area contributed by atoms with Crippen molar-refractivity contribution in [3.63, 3.8) is 0 Å². The highest BCUT2D eigenvalue weighted by molar-refractivity contribution is 5.85. The van der Waals surface area contributed by atoms with Crippen molar-refractivity contribution in [1.82, 2.24) is 10.6 Å². The summed E-state index contributed by atoms with van der Waals surface area (Å²) in [4.78, 5) is 21.4. The van der Waals surface area contributed by atoms with Gasteiger partial charge in [-0.3, -0.25) is 4.79 Å². The number of rotatable bonds is 3. The van der Waals surface area contributed by atoms with Gasteiger partial charge in [-0.05, 0) is 26.2 Å². The van der Waals surface area contributed by atoms with Crippen LogP contribution in [0.1, 0.15) is 26.2 Å². The molecule has 0 radical (unpaired) electrons. The smallest absolute Gasteiger partial charge is 0.405 e. The molecule has 1 aliphatic rings. The van der Waals surface area contributed by atoms with Crippen LogP contribution in [0, 0.1) is 0 Å². The van der Waals surface area contributed by atoms with Crippen LogP contribution in [0.3, 0.4) is 0 Å². The van der Waals surface area contributed by atoms with Crippen molar-refractivity contribution in [2.24, 2.45) is 0 Å². The van der Waals surface area contributed by atoms with E-state index in [9.17, 15) is 9.59 Å². The molecule has 0 saturated heterocycles. The first-order valence-electron chi connectivity index (χ1n) is 4.39. The van der Waals surface area contributed by atoms with Crippen molar-refractivity contribution in [2.75, 3.05) is 0 Å². The largest absolute Gasteiger partial charge is 0.465 e. The molecule has 0 heterocycles. The van der Waals surface area contributed by atoms with Gasteiger partial charge in [0.25, 0.3) is 0 Å². The fourth-order valence-electron chi connectivity index (χ4n) is 1.13. The maximum atomic E-state index is 11.2. The van der Waals surface area contributed by atoms with Gasteiger partial charge in [-0.15, -0.1) is 0 Å². The normalized spacial score (nSPS) is 18.5. The van der Waals surface area contributed by atoms with Crippen molar-refractivity contribution in [3.05, 3.63) is 0 Å². The minimum absolute atomic E-state index is 0.243. The Morgan fingerprint density at radius 3 is 2.46 bits per heavy atom. The summed E-state index contributed by atoms with van der Waals surface area (Å²) in [6, 6.07) is -0.413. The van der Waals surface area contributed by atoms with Crippen molar-refractivity contribution < 1.29 is 14.7 Å². The summed E-state index contributed by atoms with van der Waals surface area (Å²) in [5.41, 5.74) is 0. The Morgan fingerprint density at radius 2 is 2.08 bits per heavy atom. The Morgan fingerprint density at radius 1 is 1.46 bits per heavy atom. The third-order valence-corrected chi connectivity index (χ3v) is 2.18. The van der Waals surface area contributed by atoms with Gasteiger partial charge in [0.15, 0.2) is 0 Å². The molecular weight excluding hydrogens is 172 g/mol. The molecule has 1 saturated carbocycles. The Hall–Kier alpha value is -1.26. The van der Waals surface area contributed by atoms with Crippen LogP contribution >= 0.6 is 0 Å². The quantitative estimate of drug-likeness (QED) is 0.593. The molecule has 1 rings (SSSR count). The molecule has 0 bridgehead atoms. The monoisotopic (exact) mass is 186 g/mol. The summed E-state index contributed by atoms with van der Waals surface area (Å²) in [5.74, 6) is -0.243. The molecule has 1 fully saturated rings.